The van der Waals surface area contributed by atoms with Crippen molar-refractivity contribution in [2.45, 2.75) is 37.6 Å². The van der Waals surface area contributed by atoms with E-state index in [4.69, 9.17) is 15.2 Å². The lowest BCUT2D eigenvalue weighted by molar-refractivity contribution is 0.295. The summed E-state index contributed by atoms with van der Waals surface area (Å²) < 4.78 is 12.8. The van der Waals surface area contributed by atoms with Gasteiger partial charge in [0.2, 0.25) is 0 Å². The fourth-order valence-corrected chi connectivity index (χ4v) is 3.45. The SMILES string of the molecule is CC(N)C1(c2c(Br)ccc3c2OCCCO3)CC1. The van der Waals surface area contributed by atoms with Gasteiger partial charge in [-0.3, -0.25) is 0 Å². The van der Waals surface area contributed by atoms with Crippen LogP contribution in [0.2, 0.25) is 0 Å². The van der Waals surface area contributed by atoms with Crippen LogP contribution in [0.5, 0.6) is 11.5 Å². The van der Waals surface area contributed by atoms with Crippen molar-refractivity contribution in [1.29, 1.82) is 0 Å². The Kier molecular flexibility index (Phi) is 3.02. The van der Waals surface area contributed by atoms with E-state index in [9.17, 15) is 0 Å². The molecule has 2 aliphatic rings. The third kappa shape index (κ3) is 1.82. The number of ether oxygens (including phenoxy) is 2. The Hall–Kier alpha value is -0.740. The van der Waals surface area contributed by atoms with Gasteiger partial charge in [0.15, 0.2) is 11.5 Å². The number of hydrogen-bond acceptors (Lipinski definition) is 3. The van der Waals surface area contributed by atoms with Crippen molar-refractivity contribution in [3.8, 4) is 11.5 Å². The molecule has 1 unspecified atom stereocenters. The fraction of sp³-hybridized carbons (Fsp3) is 0.571. The molecule has 1 saturated carbocycles. The molecular weight excluding hydrogens is 294 g/mol. The molecule has 3 rings (SSSR count). The highest BCUT2D eigenvalue weighted by molar-refractivity contribution is 9.10. The minimum atomic E-state index is 0.0673. The summed E-state index contributed by atoms with van der Waals surface area (Å²) in [5.41, 5.74) is 7.46. The van der Waals surface area contributed by atoms with Gasteiger partial charge in [-0.15, -0.1) is 0 Å². The second kappa shape index (κ2) is 4.42. The van der Waals surface area contributed by atoms with Crippen molar-refractivity contribution in [3.05, 3.63) is 22.2 Å². The van der Waals surface area contributed by atoms with E-state index in [2.05, 4.69) is 22.9 Å². The molecule has 0 radical (unpaired) electrons. The normalized spacial score (nSPS) is 22.2. The summed E-state index contributed by atoms with van der Waals surface area (Å²) in [6.07, 6.45) is 3.18. The number of fused-ring (bicyclic) bond motifs is 1. The Labute approximate surface area is 116 Å². The van der Waals surface area contributed by atoms with Gasteiger partial charge in [0.25, 0.3) is 0 Å². The second-order valence-electron chi connectivity index (χ2n) is 5.24. The first-order valence-electron chi connectivity index (χ1n) is 6.49. The molecule has 2 N–H and O–H groups in total. The Bertz CT molecular complexity index is 469. The lowest BCUT2D eigenvalue weighted by Crippen LogP contribution is -2.32. The van der Waals surface area contributed by atoms with Crippen molar-refractivity contribution in [2.75, 3.05) is 13.2 Å². The Morgan fingerprint density at radius 3 is 2.67 bits per heavy atom. The fourth-order valence-electron chi connectivity index (χ4n) is 2.74. The summed E-state index contributed by atoms with van der Waals surface area (Å²) >= 11 is 3.65. The monoisotopic (exact) mass is 311 g/mol. The highest BCUT2D eigenvalue weighted by atomic mass is 79.9. The van der Waals surface area contributed by atoms with Gasteiger partial charge in [-0.1, -0.05) is 15.9 Å². The minimum Gasteiger partial charge on any atom is -0.490 e. The molecule has 1 aliphatic heterocycles. The first-order chi connectivity index (χ1) is 8.65. The molecule has 1 fully saturated rings. The summed E-state index contributed by atoms with van der Waals surface area (Å²) in [6, 6.07) is 4.16. The molecule has 1 aliphatic carbocycles. The van der Waals surface area contributed by atoms with Crippen molar-refractivity contribution < 1.29 is 9.47 Å². The average molecular weight is 312 g/mol. The van der Waals surface area contributed by atoms with E-state index in [0.29, 0.717) is 6.61 Å². The van der Waals surface area contributed by atoms with Crippen LogP contribution in [-0.4, -0.2) is 19.3 Å². The van der Waals surface area contributed by atoms with Gasteiger partial charge in [-0.25, -0.2) is 0 Å². The average Bonchev–Trinajstić information content (AvgIpc) is 3.12. The number of nitrogens with two attached hydrogens (primary N) is 1. The predicted octanol–water partition coefficient (Wildman–Crippen LogP) is 2.99. The summed E-state index contributed by atoms with van der Waals surface area (Å²) in [5, 5.41) is 0. The zero-order chi connectivity index (χ0) is 12.8. The molecule has 1 atom stereocenters. The van der Waals surface area contributed by atoms with Crippen molar-refractivity contribution in [2.24, 2.45) is 5.73 Å². The number of benzene rings is 1. The van der Waals surface area contributed by atoms with Gasteiger partial charge in [0.1, 0.15) is 0 Å². The van der Waals surface area contributed by atoms with Crippen LogP contribution in [0.3, 0.4) is 0 Å². The summed E-state index contributed by atoms with van der Waals surface area (Å²) in [7, 11) is 0. The molecule has 1 aromatic rings. The third-order valence-electron chi connectivity index (χ3n) is 4.02. The van der Waals surface area contributed by atoms with Gasteiger partial charge in [-0.2, -0.15) is 0 Å². The maximum atomic E-state index is 6.19. The first-order valence-corrected chi connectivity index (χ1v) is 7.28. The zero-order valence-corrected chi connectivity index (χ0v) is 12.1. The molecule has 3 nitrogen and oxygen atoms in total. The zero-order valence-electron chi connectivity index (χ0n) is 10.5. The predicted molar refractivity (Wildman–Crippen MR) is 74.3 cm³/mol. The molecule has 1 heterocycles. The van der Waals surface area contributed by atoms with E-state index in [1.807, 2.05) is 12.1 Å². The van der Waals surface area contributed by atoms with E-state index in [1.54, 1.807) is 0 Å². The van der Waals surface area contributed by atoms with Gasteiger partial charge in [0, 0.05) is 27.9 Å². The molecule has 1 aromatic carbocycles. The Morgan fingerprint density at radius 1 is 1.28 bits per heavy atom. The largest absolute Gasteiger partial charge is 0.490 e. The lowest BCUT2D eigenvalue weighted by Gasteiger charge is -2.25. The van der Waals surface area contributed by atoms with E-state index in [1.165, 1.54) is 5.56 Å². The first kappa shape index (κ1) is 12.3. The molecule has 4 heteroatoms. The summed E-state index contributed by atoms with van der Waals surface area (Å²) in [6.45, 7) is 3.52. The molecule has 98 valence electrons. The highest BCUT2D eigenvalue weighted by Gasteiger charge is 2.51. The van der Waals surface area contributed by atoms with Gasteiger partial charge < -0.3 is 15.2 Å². The number of hydrogen-bond donors (Lipinski definition) is 1. The highest BCUT2D eigenvalue weighted by Crippen LogP contribution is 2.57. The van der Waals surface area contributed by atoms with Crippen LogP contribution in [0, 0.1) is 0 Å². The quantitative estimate of drug-likeness (QED) is 0.913. The lowest BCUT2D eigenvalue weighted by atomic mass is 9.88. The van der Waals surface area contributed by atoms with E-state index in [0.717, 1.165) is 41.8 Å². The number of halogens is 1. The summed E-state index contributed by atoms with van der Waals surface area (Å²) in [5.74, 6) is 1.76. The molecule has 0 saturated heterocycles. The van der Waals surface area contributed by atoms with Gasteiger partial charge in [0.05, 0.1) is 13.2 Å². The van der Waals surface area contributed by atoms with Gasteiger partial charge >= 0.3 is 0 Å². The van der Waals surface area contributed by atoms with Crippen LogP contribution >= 0.6 is 15.9 Å². The van der Waals surface area contributed by atoms with E-state index >= 15 is 0 Å². The second-order valence-corrected chi connectivity index (χ2v) is 6.10. The maximum Gasteiger partial charge on any atom is 0.166 e. The smallest absolute Gasteiger partial charge is 0.166 e. The molecule has 0 bridgehead atoms. The third-order valence-corrected chi connectivity index (χ3v) is 4.68. The summed E-state index contributed by atoms with van der Waals surface area (Å²) in [4.78, 5) is 0. The maximum absolute atomic E-state index is 6.19. The van der Waals surface area contributed by atoms with Crippen LogP contribution in [0.15, 0.2) is 16.6 Å². The van der Waals surface area contributed by atoms with E-state index < -0.39 is 0 Å². The molecular formula is C14H18BrNO2. The minimum absolute atomic E-state index is 0.0673. The molecule has 18 heavy (non-hydrogen) atoms. The van der Waals surface area contributed by atoms with Crippen LogP contribution in [0.1, 0.15) is 31.7 Å². The molecule has 0 aromatic heterocycles. The number of rotatable bonds is 2. The van der Waals surface area contributed by atoms with Gasteiger partial charge in [-0.05, 0) is 31.9 Å². The molecule has 0 spiro atoms. The van der Waals surface area contributed by atoms with Crippen molar-refractivity contribution >= 4 is 15.9 Å². The van der Waals surface area contributed by atoms with Crippen LogP contribution in [-0.2, 0) is 5.41 Å². The van der Waals surface area contributed by atoms with Crippen LogP contribution < -0.4 is 15.2 Å². The van der Waals surface area contributed by atoms with Crippen molar-refractivity contribution in [3.63, 3.8) is 0 Å². The standard InChI is InChI=1S/C14H18BrNO2/c1-9(16)14(5-6-14)12-10(15)3-4-11-13(12)18-8-2-7-17-11/h3-4,9H,2,5-8,16H2,1H3. The van der Waals surface area contributed by atoms with Crippen LogP contribution in [0.25, 0.3) is 0 Å². The van der Waals surface area contributed by atoms with Crippen molar-refractivity contribution in [1.82, 2.24) is 0 Å². The topological polar surface area (TPSA) is 44.5 Å². The Morgan fingerprint density at radius 2 is 2.00 bits per heavy atom. The Balaban J connectivity index is 2.13. The van der Waals surface area contributed by atoms with Crippen LogP contribution in [0.4, 0.5) is 0 Å². The van der Waals surface area contributed by atoms with E-state index in [-0.39, 0.29) is 11.5 Å². The molecule has 0 amide bonds.